The Kier molecular flexibility index (Phi) is 6.57. The number of benzene rings is 6. The van der Waals surface area contributed by atoms with E-state index in [1.807, 2.05) is 0 Å². The van der Waals surface area contributed by atoms with Gasteiger partial charge in [0.05, 0.1) is 10.0 Å². The van der Waals surface area contributed by atoms with Crippen LogP contribution in [0.4, 0.5) is 0 Å². The largest absolute Gasteiger partial charge is 0.240 e. The van der Waals surface area contributed by atoms with Gasteiger partial charge in [-0.15, -0.1) is 0 Å². The van der Waals surface area contributed by atoms with Crippen LogP contribution in [-0.4, -0.2) is 13.4 Å². The van der Waals surface area contributed by atoms with Crippen molar-refractivity contribution in [2.45, 2.75) is 41.5 Å². The van der Waals surface area contributed by atoms with Crippen LogP contribution in [0, 0.1) is 41.5 Å². The lowest BCUT2D eigenvalue weighted by atomic mass is 9.20. The van der Waals surface area contributed by atoms with E-state index in [1.165, 1.54) is 87.7 Å². The Morgan fingerprint density at radius 3 is 1.10 bits per heavy atom. The first kappa shape index (κ1) is 27.4. The van der Waals surface area contributed by atoms with E-state index >= 15 is 0 Å². The minimum atomic E-state index is 0.0450. The summed E-state index contributed by atoms with van der Waals surface area (Å²) in [5.41, 5.74) is 15.7. The molecular formula is C38H32B2Cl2. The molecule has 1 aliphatic rings. The average Bonchev–Trinajstić information content (AvgIpc) is 2.92. The van der Waals surface area contributed by atoms with Crippen molar-refractivity contribution in [3.8, 4) is 0 Å². The van der Waals surface area contributed by atoms with Crippen LogP contribution in [-0.2, 0) is 0 Å². The molecule has 0 aromatic heterocycles. The zero-order valence-corrected chi connectivity index (χ0v) is 26.5. The molecule has 1 heterocycles. The minimum absolute atomic E-state index is 0.0450. The first-order chi connectivity index (χ1) is 20.1. The fourth-order valence-corrected chi connectivity index (χ4v) is 8.20. The molecule has 0 fully saturated rings. The molecule has 0 atom stereocenters. The number of hydrogen-bond acceptors (Lipinski definition) is 0. The van der Waals surface area contributed by atoms with E-state index in [9.17, 15) is 0 Å². The fraction of sp³-hybridized carbons (Fsp3) is 0.158. The predicted octanol–water partition coefficient (Wildman–Crippen LogP) is 6.50. The molecular weight excluding hydrogens is 549 g/mol. The number of hydrogen-bond donors (Lipinski definition) is 0. The molecule has 0 N–H and O–H groups in total. The van der Waals surface area contributed by atoms with Gasteiger partial charge in [0.25, 0.3) is 0 Å². The Balaban J connectivity index is 1.65. The number of aryl methyl sites for hydroxylation is 6. The zero-order chi connectivity index (χ0) is 29.4. The Hall–Kier alpha value is -3.45. The molecule has 0 unspecified atom stereocenters. The highest BCUT2D eigenvalue weighted by atomic mass is 35.5. The summed E-state index contributed by atoms with van der Waals surface area (Å²) in [6.07, 6.45) is 0. The zero-order valence-electron chi connectivity index (χ0n) is 25.0. The number of fused-ring (bicyclic) bond motifs is 4. The van der Waals surface area contributed by atoms with E-state index in [4.69, 9.17) is 23.2 Å². The Bertz CT molecular complexity index is 1900. The normalized spacial score (nSPS) is 12.7. The van der Waals surface area contributed by atoms with Crippen molar-refractivity contribution < 1.29 is 0 Å². The van der Waals surface area contributed by atoms with Gasteiger partial charge in [0.1, 0.15) is 0 Å². The van der Waals surface area contributed by atoms with Gasteiger partial charge in [-0.05, 0) is 87.4 Å². The monoisotopic (exact) mass is 580 g/mol. The van der Waals surface area contributed by atoms with E-state index in [0.29, 0.717) is 10.0 Å². The number of rotatable bonds is 2. The Morgan fingerprint density at radius 1 is 0.405 bits per heavy atom. The summed E-state index contributed by atoms with van der Waals surface area (Å²) in [4.78, 5) is 0. The summed E-state index contributed by atoms with van der Waals surface area (Å²) in [7, 11) is 0. The lowest BCUT2D eigenvalue weighted by molar-refractivity contribution is 1.35. The quantitative estimate of drug-likeness (QED) is 0.162. The lowest BCUT2D eigenvalue weighted by Gasteiger charge is -2.35. The molecule has 0 saturated heterocycles. The average molecular weight is 581 g/mol. The Morgan fingerprint density at radius 2 is 0.738 bits per heavy atom. The van der Waals surface area contributed by atoms with Crippen LogP contribution in [0.2, 0.25) is 10.0 Å². The van der Waals surface area contributed by atoms with Crippen molar-refractivity contribution >= 4 is 90.9 Å². The molecule has 6 aromatic rings. The van der Waals surface area contributed by atoms with Gasteiger partial charge in [-0.3, -0.25) is 0 Å². The van der Waals surface area contributed by atoms with Gasteiger partial charge in [-0.2, -0.15) is 0 Å². The van der Waals surface area contributed by atoms with Gasteiger partial charge >= 0.3 is 0 Å². The molecule has 4 heteroatoms. The highest BCUT2D eigenvalue weighted by molar-refractivity contribution is 7.11. The summed E-state index contributed by atoms with van der Waals surface area (Å²) >= 11 is 13.7. The maximum absolute atomic E-state index is 6.84. The molecule has 0 radical (unpaired) electrons. The third-order valence-electron chi connectivity index (χ3n) is 9.33. The molecule has 0 saturated carbocycles. The van der Waals surface area contributed by atoms with Crippen molar-refractivity contribution in [1.82, 2.24) is 0 Å². The minimum Gasteiger partial charge on any atom is -0.0827 e. The van der Waals surface area contributed by atoms with Crippen molar-refractivity contribution in [3.05, 3.63) is 128 Å². The maximum Gasteiger partial charge on any atom is 0.240 e. The van der Waals surface area contributed by atoms with E-state index in [0.717, 1.165) is 0 Å². The van der Waals surface area contributed by atoms with E-state index in [1.54, 1.807) is 0 Å². The van der Waals surface area contributed by atoms with Gasteiger partial charge in [0.15, 0.2) is 0 Å². The summed E-state index contributed by atoms with van der Waals surface area (Å²) in [6, 6.07) is 31.8. The highest BCUT2D eigenvalue weighted by Crippen LogP contribution is 2.25. The molecule has 0 spiro atoms. The van der Waals surface area contributed by atoms with Crippen LogP contribution < -0.4 is 32.8 Å². The predicted molar refractivity (Wildman–Crippen MR) is 189 cm³/mol. The van der Waals surface area contributed by atoms with E-state index < -0.39 is 0 Å². The Labute approximate surface area is 259 Å². The molecule has 0 aliphatic carbocycles. The fourth-order valence-electron chi connectivity index (χ4n) is 7.85. The summed E-state index contributed by atoms with van der Waals surface area (Å²) < 4.78 is 0. The molecule has 0 amide bonds. The summed E-state index contributed by atoms with van der Waals surface area (Å²) in [6.45, 7) is 13.5. The maximum atomic E-state index is 6.84. The topological polar surface area (TPSA) is 0 Å². The second-order valence-corrected chi connectivity index (χ2v) is 13.2. The molecule has 0 nitrogen and oxygen atoms in total. The standard InChI is InChI=1S/C38H32B2Cl2/c1-21-11-23(3)37(24(4)12-21)39-31-17-29-15-27-9-7-8-10-28(27)16-30(29)18-32(31)40(34-20-36(42)35(41)19-33(34)39)38-25(5)13-22(2)14-26(38)6/h7-20H,1-6H3. The van der Waals surface area contributed by atoms with Crippen LogP contribution in [0.25, 0.3) is 21.5 Å². The highest BCUT2D eigenvalue weighted by Gasteiger charge is 2.41. The molecule has 204 valence electrons. The van der Waals surface area contributed by atoms with Crippen LogP contribution >= 0.6 is 23.2 Å². The van der Waals surface area contributed by atoms with E-state index in [2.05, 4.69) is 126 Å². The van der Waals surface area contributed by atoms with Crippen molar-refractivity contribution in [3.63, 3.8) is 0 Å². The molecule has 6 aromatic carbocycles. The van der Waals surface area contributed by atoms with Gasteiger partial charge in [0.2, 0.25) is 13.4 Å². The van der Waals surface area contributed by atoms with Gasteiger partial charge in [-0.1, -0.05) is 150 Å². The summed E-state index contributed by atoms with van der Waals surface area (Å²) in [5.74, 6) is 0. The number of halogens is 2. The van der Waals surface area contributed by atoms with Crippen LogP contribution in [0.3, 0.4) is 0 Å². The lowest BCUT2D eigenvalue weighted by Crippen LogP contribution is -2.76. The molecule has 1 aliphatic heterocycles. The first-order valence-electron chi connectivity index (χ1n) is 14.7. The SMILES string of the molecule is Cc1cc(C)c(B2c3cc(Cl)c(Cl)cc3B(c3c(C)cc(C)cc3C)c3cc4cc5ccccc5cc4cc32)c(C)c1. The van der Waals surface area contributed by atoms with Crippen LogP contribution in [0.5, 0.6) is 0 Å². The second kappa shape index (κ2) is 10.1. The van der Waals surface area contributed by atoms with Gasteiger partial charge in [-0.25, -0.2) is 0 Å². The third-order valence-corrected chi connectivity index (χ3v) is 10.1. The smallest absolute Gasteiger partial charge is 0.0827 e. The van der Waals surface area contributed by atoms with Crippen LogP contribution in [0.1, 0.15) is 33.4 Å². The first-order valence-corrected chi connectivity index (χ1v) is 15.5. The van der Waals surface area contributed by atoms with Crippen molar-refractivity contribution in [2.75, 3.05) is 0 Å². The summed E-state index contributed by atoms with van der Waals surface area (Å²) in [5, 5.41) is 6.26. The molecule has 7 rings (SSSR count). The third kappa shape index (κ3) is 4.31. The van der Waals surface area contributed by atoms with Crippen molar-refractivity contribution in [2.24, 2.45) is 0 Å². The molecule has 0 bridgehead atoms. The van der Waals surface area contributed by atoms with Gasteiger partial charge in [0, 0.05) is 0 Å². The second-order valence-electron chi connectivity index (χ2n) is 12.4. The van der Waals surface area contributed by atoms with E-state index in [-0.39, 0.29) is 13.4 Å². The van der Waals surface area contributed by atoms with Gasteiger partial charge < -0.3 is 0 Å². The van der Waals surface area contributed by atoms with Crippen LogP contribution in [0.15, 0.2) is 84.9 Å². The van der Waals surface area contributed by atoms with Crippen molar-refractivity contribution in [1.29, 1.82) is 0 Å². The molecule has 42 heavy (non-hydrogen) atoms.